The van der Waals surface area contributed by atoms with Gasteiger partial charge in [-0.15, -0.1) is 0 Å². The Morgan fingerprint density at radius 3 is 2.56 bits per heavy atom. The molecule has 1 aliphatic heterocycles. The highest BCUT2D eigenvalue weighted by Crippen LogP contribution is 2.39. The van der Waals surface area contributed by atoms with Crippen LogP contribution in [0.4, 0.5) is 0 Å². The summed E-state index contributed by atoms with van der Waals surface area (Å²) >= 11 is 0. The van der Waals surface area contributed by atoms with E-state index >= 15 is 0 Å². The number of hydrogen-bond acceptors (Lipinski definition) is 2. The molecule has 0 radical (unpaired) electrons. The van der Waals surface area contributed by atoms with Crippen molar-refractivity contribution in [3.63, 3.8) is 0 Å². The average Bonchev–Trinajstić information content (AvgIpc) is 2.98. The zero-order valence-corrected chi connectivity index (χ0v) is 17.3. The van der Waals surface area contributed by atoms with E-state index in [0.717, 1.165) is 18.7 Å². The van der Waals surface area contributed by atoms with Gasteiger partial charge in [-0.25, -0.2) is 0 Å². The standard InChI is InChI=1S/C24H30N2O/c1-14-11-15(2)21-17-9-10-25-22(23(17)26-19(21)12-14)18-13-16(24(3,4)5)7-8-20(18)27-6/h7-8,11-13,22,25-26H,9-10H2,1-6H3. The number of nitrogens with one attached hydrogen (secondary N) is 2. The van der Waals surface area contributed by atoms with Crippen LogP contribution in [-0.4, -0.2) is 18.6 Å². The fourth-order valence-electron chi connectivity index (χ4n) is 4.46. The molecule has 1 atom stereocenters. The Labute approximate surface area is 162 Å². The number of rotatable bonds is 2. The second-order valence-electron chi connectivity index (χ2n) is 8.87. The van der Waals surface area contributed by atoms with Crippen LogP contribution in [0.5, 0.6) is 5.75 Å². The van der Waals surface area contributed by atoms with Crippen LogP contribution in [0.2, 0.25) is 0 Å². The second kappa shape index (κ2) is 6.42. The van der Waals surface area contributed by atoms with E-state index < -0.39 is 0 Å². The van der Waals surface area contributed by atoms with Crippen LogP contribution in [-0.2, 0) is 11.8 Å². The van der Waals surface area contributed by atoms with Crippen molar-refractivity contribution >= 4 is 10.9 Å². The van der Waals surface area contributed by atoms with Gasteiger partial charge in [-0.05, 0) is 66.1 Å². The molecular weight excluding hydrogens is 332 g/mol. The third kappa shape index (κ3) is 3.04. The quantitative estimate of drug-likeness (QED) is 0.647. The topological polar surface area (TPSA) is 37.0 Å². The first-order valence-electron chi connectivity index (χ1n) is 9.83. The number of ether oxygens (including phenoxy) is 1. The lowest BCUT2D eigenvalue weighted by atomic mass is 9.84. The Hall–Kier alpha value is -2.26. The molecule has 0 aliphatic carbocycles. The highest BCUT2D eigenvalue weighted by atomic mass is 16.5. The van der Waals surface area contributed by atoms with E-state index in [9.17, 15) is 0 Å². The van der Waals surface area contributed by atoms with Gasteiger partial charge in [0.15, 0.2) is 0 Å². The maximum atomic E-state index is 5.74. The Kier molecular flexibility index (Phi) is 4.31. The molecule has 27 heavy (non-hydrogen) atoms. The fourth-order valence-corrected chi connectivity index (χ4v) is 4.46. The molecular formula is C24H30N2O. The molecule has 3 aromatic rings. The lowest BCUT2D eigenvalue weighted by Gasteiger charge is -2.28. The van der Waals surface area contributed by atoms with Crippen molar-refractivity contribution in [1.82, 2.24) is 10.3 Å². The predicted octanol–water partition coefficient (Wildman–Crippen LogP) is 5.33. The SMILES string of the molecule is COc1ccc(C(C)(C)C)cc1C1NCCc2c1[nH]c1cc(C)cc(C)c21. The number of aromatic nitrogens is 1. The molecule has 0 amide bonds. The van der Waals surface area contributed by atoms with Gasteiger partial charge in [0.1, 0.15) is 5.75 Å². The molecule has 142 valence electrons. The second-order valence-corrected chi connectivity index (χ2v) is 8.87. The van der Waals surface area contributed by atoms with Gasteiger partial charge in [-0.1, -0.05) is 32.9 Å². The first-order valence-corrected chi connectivity index (χ1v) is 9.83. The lowest BCUT2D eigenvalue weighted by molar-refractivity contribution is 0.401. The van der Waals surface area contributed by atoms with Crippen LogP contribution >= 0.6 is 0 Å². The number of fused-ring (bicyclic) bond motifs is 3. The van der Waals surface area contributed by atoms with Crippen LogP contribution in [0.15, 0.2) is 30.3 Å². The van der Waals surface area contributed by atoms with Crippen molar-refractivity contribution in [2.24, 2.45) is 0 Å². The largest absolute Gasteiger partial charge is 0.496 e. The van der Waals surface area contributed by atoms with Crippen molar-refractivity contribution in [2.45, 2.75) is 52.5 Å². The van der Waals surface area contributed by atoms with E-state index in [-0.39, 0.29) is 11.5 Å². The highest BCUT2D eigenvalue weighted by Gasteiger charge is 2.29. The van der Waals surface area contributed by atoms with Crippen molar-refractivity contribution in [2.75, 3.05) is 13.7 Å². The molecule has 2 aromatic carbocycles. The van der Waals surface area contributed by atoms with E-state index in [1.54, 1.807) is 7.11 Å². The predicted molar refractivity (Wildman–Crippen MR) is 113 cm³/mol. The summed E-state index contributed by atoms with van der Waals surface area (Å²) in [5.74, 6) is 0.944. The molecule has 2 heterocycles. The molecule has 0 saturated heterocycles. The summed E-state index contributed by atoms with van der Waals surface area (Å²) in [4.78, 5) is 3.74. The van der Waals surface area contributed by atoms with Crippen LogP contribution in [0.25, 0.3) is 10.9 Å². The monoisotopic (exact) mass is 362 g/mol. The van der Waals surface area contributed by atoms with Gasteiger partial charge in [0.2, 0.25) is 0 Å². The maximum Gasteiger partial charge on any atom is 0.124 e. The summed E-state index contributed by atoms with van der Waals surface area (Å²) in [6, 6.07) is 11.3. The van der Waals surface area contributed by atoms with Crippen molar-refractivity contribution in [3.8, 4) is 5.75 Å². The first-order chi connectivity index (χ1) is 12.8. The maximum absolute atomic E-state index is 5.74. The van der Waals surface area contributed by atoms with Gasteiger partial charge >= 0.3 is 0 Å². The first kappa shape index (κ1) is 18.1. The van der Waals surface area contributed by atoms with E-state index in [2.05, 4.69) is 75.3 Å². The van der Waals surface area contributed by atoms with Crippen molar-refractivity contribution in [1.29, 1.82) is 0 Å². The highest BCUT2D eigenvalue weighted by molar-refractivity contribution is 5.89. The smallest absolute Gasteiger partial charge is 0.124 e. The number of methoxy groups -OCH3 is 1. The Bertz CT molecular complexity index is 1010. The summed E-state index contributed by atoms with van der Waals surface area (Å²) in [6.45, 7) is 12.1. The fraction of sp³-hybridized carbons (Fsp3) is 0.417. The van der Waals surface area contributed by atoms with Crippen LogP contribution < -0.4 is 10.1 Å². The molecule has 0 spiro atoms. The third-order valence-electron chi connectivity index (χ3n) is 5.79. The van der Waals surface area contributed by atoms with E-state index in [4.69, 9.17) is 4.74 Å². The number of hydrogen-bond donors (Lipinski definition) is 2. The van der Waals surface area contributed by atoms with E-state index in [1.165, 1.54) is 44.4 Å². The minimum atomic E-state index is 0.104. The van der Waals surface area contributed by atoms with Gasteiger partial charge in [-0.2, -0.15) is 0 Å². The molecule has 0 bridgehead atoms. The van der Waals surface area contributed by atoms with Gasteiger partial charge < -0.3 is 15.0 Å². The van der Waals surface area contributed by atoms with E-state index in [0.29, 0.717) is 0 Å². The van der Waals surface area contributed by atoms with Gasteiger partial charge in [0, 0.05) is 28.7 Å². The van der Waals surface area contributed by atoms with Gasteiger partial charge in [-0.3, -0.25) is 0 Å². The Morgan fingerprint density at radius 2 is 1.85 bits per heavy atom. The number of aryl methyl sites for hydroxylation is 2. The number of benzene rings is 2. The molecule has 3 heteroatoms. The Balaban J connectivity index is 1.92. The molecule has 1 aromatic heterocycles. The molecule has 3 nitrogen and oxygen atoms in total. The zero-order chi connectivity index (χ0) is 19.3. The molecule has 1 unspecified atom stereocenters. The minimum Gasteiger partial charge on any atom is -0.496 e. The number of aromatic amines is 1. The molecule has 4 rings (SSSR count). The molecule has 1 aliphatic rings. The zero-order valence-electron chi connectivity index (χ0n) is 17.3. The lowest BCUT2D eigenvalue weighted by Crippen LogP contribution is -2.31. The molecule has 2 N–H and O–H groups in total. The van der Waals surface area contributed by atoms with Crippen LogP contribution in [0, 0.1) is 13.8 Å². The average molecular weight is 363 g/mol. The van der Waals surface area contributed by atoms with Crippen molar-refractivity contribution < 1.29 is 4.74 Å². The minimum absolute atomic E-state index is 0.104. The summed E-state index contributed by atoms with van der Waals surface area (Å²) < 4.78 is 5.74. The van der Waals surface area contributed by atoms with E-state index in [1.807, 2.05) is 0 Å². The Morgan fingerprint density at radius 1 is 1.07 bits per heavy atom. The molecule has 0 saturated carbocycles. The summed E-state index contributed by atoms with van der Waals surface area (Å²) in [6.07, 6.45) is 1.05. The van der Waals surface area contributed by atoms with Gasteiger partial charge in [0.25, 0.3) is 0 Å². The van der Waals surface area contributed by atoms with Crippen LogP contribution in [0.3, 0.4) is 0 Å². The van der Waals surface area contributed by atoms with Gasteiger partial charge in [0.05, 0.1) is 13.2 Å². The summed E-state index contributed by atoms with van der Waals surface area (Å²) in [5.41, 5.74) is 9.30. The summed E-state index contributed by atoms with van der Waals surface area (Å²) in [5, 5.41) is 5.13. The summed E-state index contributed by atoms with van der Waals surface area (Å²) in [7, 11) is 1.76. The van der Waals surface area contributed by atoms with Crippen molar-refractivity contribution in [3.05, 3.63) is 63.8 Å². The van der Waals surface area contributed by atoms with Crippen LogP contribution in [0.1, 0.15) is 60.3 Å². The molecule has 0 fully saturated rings. The third-order valence-corrected chi connectivity index (χ3v) is 5.79. The normalized spacial score (nSPS) is 17.2. The number of H-pyrrole nitrogens is 1.